The van der Waals surface area contributed by atoms with E-state index in [-0.39, 0.29) is 17.5 Å². The van der Waals surface area contributed by atoms with Gasteiger partial charge in [0.2, 0.25) is 0 Å². The van der Waals surface area contributed by atoms with Crippen molar-refractivity contribution in [1.82, 2.24) is 4.98 Å². The van der Waals surface area contributed by atoms with Gasteiger partial charge in [-0.3, -0.25) is 4.98 Å². The molecule has 0 unspecified atom stereocenters. The van der Waals surface area contributed by atoms with Crippen LogP contribution in [-0.4, -0.2) is 11.7 Å². The van der Waals surface area contributed by atoms with Crippen molar-refractivity contribution in [2.24, 2.45) is 0 Å². The zero-order chi connectivity index (χ0) is 40.5. The highest BCUT2D eigenvalue weighted by Crippen LogP contribution is 2.48. The Bertz CT molecular complexity index is 2320. The van der Waals surface area contributed by atoms with Crippen LogP contribution in [0.25, 0.3) is 11.3 Å². The van der Waals surface area contributed by atoms with Gasteiger partial charge in [0.25, 0.3) is 6.71 Å². The summed E-state index contributed by atoms with van der Waals surface area (Å²) in [5.74, 6) is 1.24. The summed E-state index contributed by atoms with van der Waals surface area (Å²) in [5.41, 5.74) is 19.8. The maximum Gasteiger partial charge on any atom is 0.252 e. The van der Waals surface area contributed by atoms with Gasteiger partial charge in [-0.25, -0.2) is 0 Å². The lowest BCUT2D eigenvalue weighted by atomic mass is 9.33. The van der Waals surface area contributed by atoms with Gasteiger partial charge in [-0.2, -0.15) is 0 Å². The predicted octanol–water partition coefficient (Wildman–Crippen LogP) is 13.5. The first-order chi connectivity index (χ1) is 28.5. The van der Waals surface area contributed by atoms with Crippen molar-refractivity contribution in [3.8, 4) is 11.3 Å². The van der Waals surface area contributed by atoms with Crippen LogP contribution >= 0.6 is 0 Å². The number of pyridine rings is 1. The molecule has 2 aliphatic carbocycles. The smallest absolute Gasteiger partial charge is 0.252 e. The van der Waals surface area contributed by atoms with E-state index in [4.69, 9.17) is 4.98 Å². The number of benzene rings is 5. The number of anilines is 6. The van der Waals surface area contributed by atoms with Gasteiger partial charge in [0.1, 0.15) is 0 Å². The lowest BCUT2D eigenvalue weighted by Crippen LogP contribution is -2.61. The van der Waals surface area contributed by atoms with Crippen molar-refractivity contribution in [3.63, 3.8) is 0 Å². The van der Waals surface area contributed by atoms with E-state index in [0.717, 1.165) is 11.3 Å². The molecule has 6 aromatic rings. The minimum absolute atomic E-state index is 0.0686. The first-order valence-corrected chi connectivity index (χ1v) is 22.7. The zero-order valence-electron chi connectivity index (χ0n) is 36.2. The Hall–Kier alpha value is -5.09. The minimum Gasteiger partial charge on any atom is -0.311 e. The maximum atomic E-state index is 4.96. The third-order valence-electron chi connectivity index (χ3n) is 14.2. The van der Waals surface area contributed by atoms with Gasteiger partial charge in [0.15, 0.2) is 0 Å². The molecule has 4 aliphatic rings. The van der Waals surface area contributed by atoms with Gasteiger partial charge in [-0.15, -0.1) is 0 Å². The Morgan fingerprint density at radius 3 is 1.36 bits per heavy atom. The van der Waals surface area contributed by atoms with Crippen LogP contribution < -0.4 is 26.2 Å². The molecule has 10 rings (SSSR count). The summed E-state index contributed by atoms with van der Waals surface area (Å²) in [6.07, 6.45) is 15.1. The molecule has 5 aromatic carbocycles. The largest absolute Gasteiger partial charge is 0.311 e. The minimum atomic E-state index is 0.0686. The summed E-state index contributed by atoms with van der Waals surface area (Å²) in [7, 11) is 0. The maximum absolute atomic E-state index is 4.96. The van der Waals surface area contributed by atoms with E-state index in [1.807, 2.05) is 12.3 Å². The second-order valence-electron chi connectivity index (χ2n) is 20.1. The van der Waals surface area contributed by atoms with E-state index in [2.05, 4.69) is 161 Å². The second-order valence-corrected chi connectivity index (χ2v) is 20.1. The van der Waals surface area contributed by atoms with E-state index in [0.29, 0.717) is 11.8 Å². The van der Waals surface area contributed by atoms with Crippen molar-refractivity contribution in [2.75, 3.05) is 9.80 Å². The van der Waals surface area contributed by atoms with Crippen LogP contribution in [0.3, 0.4) is 0 Å². The average Bonchev–Trinajstić information content (AvgIpc) is 3.26. The molecule has 3 heterocycles. The highest BCUT2D eigenvalue weighted by atomic mass is 15.2. The second kappa shape index (κ2) is 14.9. The monoisotopic (exact) mass is 773 g/mol. The van der Waals surface area contributed by atoms with E-state index in [1.54, 1.807) is 0 Å². The number of nitrogens with zero attached hydrogens (tertiary/aromatic N) is 3. The molecule has 0 spiro atoms. The molecule has 0 radical (unpaired) electrons. The van der Waals surface area contributed by atoms with Gasteiger partial charge in [0, 0.05) is 45.9 Å². The molecule has 4 heteroatoms. The third kappa shape index (κ3) is 6.91. The standard InChI is InChI=1S/C55H60BN3/c1-54(2,3)42-22-26-44(27-23-42)58-49-30-20-39(37-15-9-7-10-16-37)33-46(49)56-47-34-40(38-17-11-8-12-18-38)21-31-50(47)59(45-28-24-43(25-29-45)55(4,5)6)52-36-41(35-51(58)53(52)56)48-19-13-14-32-57-48/h13-14,19-38H,7-12,15-18H2,1-6H3. The molecule has 0 saturated heterocycles. The molecule has 298 valence electrons. The Labute approximate surface area is 354 Å². The van der Waals surface area contributed by atoms with E-state index in [1.165, 1.54) is 137 Å². The number of aromatic nitrogens is 1. The Morgan fingerprint density at radius 2 is 0.949 bits per heavy atom. The molecule has 3 nitrogen and oxygen atoms in total. The van der Waals surface area contributed by atoms with Gasteiger partial charge in [-0.05, 0) is 148 Å². The topological polar surface area (TPSA) is 19.4 Å². The van der Waals surface area contributed by atoms with E-state index < -0.39 is 0 Å². The highest BCUT2D eigenvalue weighted by molar-refractivity contribution is 7.00. The predicted molar refractivity (Wildman–Crippen MR) is 253 cm³/mol. The van der Waals surface area contributed by atoms with Crippen LogP contribution in [0.1, 0.15) is 140 Å². The third-order valence-corrected chi connectivity index (χ3v) is 14.2. The van der Waals surface area contributed by atoms with Crippen molar-refractivity contribution in [2.45, 2.75) is 128 Å². The van der Waals surface area contributed by atoms with Crippen LogP contribution in [0.4, 0.5) is 34.1 Å². The molecule has 0 bridgehead atoms. The Balaban J connectivity index is 1.27. The van der Waals surface area contributed by atoms with Crippen molar-refractivity contribution >= 4 is 57.2 Å². The van der Waals surface area contributed by atoms with Crippen LogP contribution in [0.15, 0.2) is 121 Å². The lowest BCUT2D eigenvalue weighted by Gasteiger charge is -2.45. The SMILES string of the molecule is CC(C)(C)c1ccc(N2c3ccc(C4CCCCC4)cc3B3c4cc(C5CCCCC5)ccc4N(c4ccc(C(C)(C)C)cc4)c4cc(-c5ccccn5)cc2c43)cc1. The molecule has 2 fully saturated rings. The first kappa shape index (κ1) is 38.1. The van der Waals surface area contributed by atoms with Crippen LogP contribution in [0, 0.1) is 0 Å². The molecule has 2 saturated carbocycles. The van der Waals surface area contributed by atoms with Crippen molar-refractivity contribution in [3.05, 3.63) is 144 Å². The van der Waals surface area contributed by atoms with Crippen LogP contribution in [0.5, 0.6) is 0 Å². The quantitative estimate of drug-likeness (QED) is 0.162. The van der Waals surface area contributed by atoms with Gasteiger partial charge < -0.3 is 9.80 Å². The number of fused-ring (bicyclic) bond motifs is 4. The summed E-state index contributed by atoms with van der Waals surface area (Å²) < 4.78 is 0. The molecule has 59 heavy (non-hydrogen) atoms. The van der Waals surface area contributed by atoms with Crippen molar-refractivity contribution in [1.29, 1.82) is 0 Å². The van der Waals surface area contributed by atoms with Gasteiger partial charge in [0.05, 0.1) is 5.69 Å². The summed E-state index contributed by atoms with van der Waals surface area (Å²) >= 11 is 0. The van der Waals surface area contributed by atoms with Gasteiger partial charge >= 0.3 is 0 Å². The number of rotatable bonds is 5. The fourth-order valence-electron chi connectivity index (χ4n) is 10.9. The van der Waals surface area contributed by atoms with Gasteiger partial charge in [-0.1, -0.05) is 135 Å². The van der Waals surface area contributed by atoms with E-state index >= 15 is 0 Å². The fraction of sp³-hybridized carbons (Fsp3) is 0.364. The summed E-state index contributed by atoms with van der Waals surface area (Å²) in [6, 6.07) is 45.3. The van der Waals surface area contributed by atoms with E-state index in [9.17, 15) is 0 Å². The van der Waals surface area contributed by atoms with Crippen LogP contribution in [-0.2, 0) is 10.8 Å². The zero-order valence-corrected chi connectivity index (χ0v) is 36.2. The highest BCUT2D eigenvalue weighted by Gasteiger charge is 2.44. The van der Waals surface area contributed by atoms with Crippen molar-refractivity contribution < 1.29 is 0 Å². The molecular weight excluding hydrogens is 713 g/mol. The molecule has 0 atom stereocenters. The first-order valence-electron chi connectivity index (χ1n) is 22.7. The number of hydrogen-bond donors (Lipinski definition) is 0. The summed E-state index contributed by atoms with van der Waals surface area (Å²) in [5, 5.41) is 0. The fourth-order valence-corrected chi connectivity index (χ4v) is 10.9. The number of hydrogen-bond acceptors (Lipinski definition) is 3. The van der Waals surface area contributed by atoms with Crippen LogP contribution in [0.2, 0.25) is 0 Å². The molecule has 0 N–H and O–H groups in total. The summed E-state index contributed by atoms with van der Waals surface area (Å²) in [4.78, 5) is 10.1. The Morgan fingerprint density at radius 1 is 0.492 bits per heavy atom. The summed E-state index contributed by atoms with van der Waals surface area (Å²) in [6.45, 7) is 14.0. The molecule has 1 aromatic heterocycles. The Kier molecular flexibility index (Phi) is 9.62. The average molecular weight is 774 g/mol. The molecule has 2 aliphatic heterocycles. The lowest BCUT2D eigenvalue weighted by molar-refractivity contribution is 0.444. The molecule has 0 amide bonds. The normalized spacial score (nSPS) is 17.1. The molecular formula is C55H60BN3.